The van der Waals surface area contributed by atoms with Crippen LogP contribution >= 0.6 is 0 Å². The van der Waals surface area contributed by atoms with Gasteiger partial charge in [0.25, 0.3) is 0 Å². The average molecular weight is 298 g/mol. The van der Waals surface area contributed by atoms with Crippen LogP contribution in [0.25, 0.3) is 0 Å². The molecule has 1 N–H and O–H groups in total. The van der Waals surface area contributed by atoms with Gasteiger partial charge in [-0.1, -0.05) is 6.07 Å². The number of hydrogen-bond acceptors (Lipinski definition) is 3. The van der Waals surface area contributed by atoms with Crippen molar-refractivity contribution < 1.29 is 17.7 Å². The summed E-state index contributed by atoms with van der Waals surface area (Å²) in [5, 5.41) is 8.88. The SMILES string of the molecule is C[C@H](C#N)[NH+]1CCN(S(=O)(=O)c2cccc(F)c2)CC1. The summed E-state index contributed by atoms with van der Waals surface area (Å²) in [7, 11) is -3.64. The molecule has 0 amide bonds. The molecule has 0 bridgehead atoms. The summed E-state index contributed by atoms with van der Waals surface area (Å²) in [6, 6.07) is 7.07. The van der Waals surface area contributed by atoms with Crippen molar-refractivity contribution in [3.8, 4) is 6.07 Å². The summed E-state index contributed by atoms with van der Waals surface area (Å²) in [6.07, 6.45) is 0. The number of sulfonamides is 1. The first kappa shape index (κ1) is 14.9. The summed E-state index contributed by atoms with van der Waals surface area (Å²) in [6.45, 7) is 3.69. The van der Waals surface area contributed by atoms with E-state index in [1.807, 2.05) is 6.92 Å². The third kappa shape index (κ3) is 2.98. The van der Waals surface area contributed by atoms with Crippen molar-refractivity contribution in [3.63, 3.8) is 0 Å². The van der Waals surface area contributed by atoms with E-state index in [1.165, 1.54) is 22.5 Å². The van der Waals surface area contributed by atoms with Crippen LogP contribution in [0.2, 0.25) is 0 Å². The fourth-order valence-electron chi connectivity index (χ4n) is 2.31. The second-order valence-electron chi connectivity index (χ2n) is 4.87. The van der Waals surface area contributed by atoms with Crippen molar-refractivity contribution in [2.45, 2.75) is 17.9 Å². The molecule has 0 saturated carbocycles. The quantitative estimate of drug-likeness (QED) is 0.828. The Balaban J connectivity index is 2.12. The molecule has 1 heterocycles. The van der Waals surface area contributed by atoms with E-state index < -0.39 is 15.8 Å². The number of nitrogens with one attached hydrogen (secondary N) is 1. The van der Waals surface area contributed by atoms with E-state index in [2.05, 4.69) is 6.07 Å². The first-order valence-electron chi connectivity index (χ1n) is 6.45. The molecule has 1 fully saturated rings. The Hall–Kier alpha value is -1.49. The fourth-order valence-corrected chi connectivity index (χ4v) is 3.79. The molecule has 0 aromatic heterocycles. The van der Waals surface area contributed by atoms with E-state index in [9.17, 15) is 12.8 Å². The van der Waals surface area contributed by atoms with Crippen LogP contribution in [0.5, 0.6) is 0 Å². The van der Waals surface area contributed by atoms with Gasteiger partial charge in [0.15, 0.2) is 6.04 Å². The fraction of sp³-hybridized carbons (Fsp3) is 0.462. The molecule has 1 aliphatic heterocycles. The van der Waals surface area contributed by atoms with Gasteiger partial charge in [-0.3, -0.25) is 0 Å². The van der Waals surface area contributed by atoms with Gasteiger partial charge in [-0.05, 0) is 18.2 Å². The van der Waals surface area contributed by atoms with E-state index in [1.54, 1.807) is 0 Å². The molecule has 0 radical (unpaired) electrons. The molecule has 20 heavy (non-hydrogen) atoms. The molecule has 1 aliphatic rings. The zero-order valence-corrected chi connectivity index (χ0v) is 12.0. The van der Waals surface area contributed by atoms with E-state index >= 15 is 0 Å². The van der Waals surface area contributed by atoms with Crippen molar-refractivity contribution in [3.05, 3.63) is 30.1 Å². The summed E-state index contributed by atoms with van der Waals surface area (Å²) < 4.78 is 39.3. The average Bonchev–Trinajstić information content (AvgIpc) is 2.46. The minimum atomic E-state index is -3.64. The van der Waals surface area contributed by atoms with E-state index in [-0.39, 0.29) is 10.9 Å². The van der Waals surface area contributed by atoms with Gasteiger partial charge in [-0.15, -0.1) is 0 Å². The minimum Gasteiger partial charge on any atom is -0.319 e. The van der Waals surface area contributed by atoms with Gasteiger partial charge in [-0.2, -0.15) is 9.57 Å². The summed E-state index contributed by atoms with van der Waals surface area (Å²) in [4.78, 5) is 1.06. The van der Waals surface area contributed by atoms with Crippen molar-refractivity contribution in [2.24, 2.45) is 0 Å². The van der Waals surface area contributed by atoms with E-state index in [0.29, 0.717) is 26.2 Å². The van der Waals surface area contributed by atoms with Crippen molar-refractivity contribution in [1.82, 2.24) is 4.31 Å². The molecule has 0 aliphatic carbocycles. The Labute approximate surface area is 118 Å². The highest BCUT2D eigenvalue weighted by Gasteiger charge is 2.32. The summed E-state index contributed by atoms with van der Waals surface area (Å²) >= 11 is 0. The lowest BCUT2D eigenvalue weighted by atomic mass is 10.2. The molecule has 1 aromatic rings. The highest BCUT2D eigenvalue weighted by Crippen LogP contribution is 2.16. The van der Waals surface area contributed by atoms with Crippen molar-refractivity contribution in [2.75, 3.05) is 26.2 Å². The molecule has 7 heteroatoms. The van der Waals surface area contributed by atoms with Gasteiger partial charge < -0.3 is 4.90 Å². The molecule has 1 atom stereocenters. The maximum absolute atomic E-state index is 13.2. The molecule has 1 saturated heterocycles. The highest BCUT2D eigenvalue weighted by atomic mass is 32.2. The number of nitrogens with zero attached hydrogens (tertiary/aromatic N) is 2. The van der Waals surface area contributed by atoms with Gasteiger partial charge in [-0.25, -0.2) is 12.8 Å². The maximum Gasteiger partial charge on any atom is 0.243 e. The Morgan fingerprint density at radius 2 is 2.05 bits per heavy atom. The Morgan fingerprint density at radius 1 is 1.40 bits per heavy atom. The monoisotopic (exact) mass is 298 g/mol. The van der Waals surface area contributed by atoms with Crippen LogP contribution in [0.15, 0.2) is 29.2 Å². The summed E-state index contributed by atoms with van der Waals surface area (Å²) in [5.74, 6) is -0.562. The minimum absolute atomic E-state index is 0.0192. The van der Waals surface area contributed by atoms with E-state index in [0.717, 1.165) is 11.0 Å². The van der Waals surface area contributed by atoms with Crippen LogP contribution in [0.4, 0.5) is 4.39 Å². The molecule has 0 unspecified atom stereocenters. The number of quaternary nitrogens is 1. The second-order valence-corrected chi connectivity index (χ2v) is 6.81. The molecule has 108 valence electrons. The molecule has 2 rings (SSSR count). The zero-order valence-electron chi connectivity index (χ0n) is 11.2. The normalized spacial score (nSPS) is 19.4. The Kier molecular flexibility index (Phi) is 4.38. The third-order valence-electron chi connectivity index (χ3n) is 3.60. The molecule has 5 nitrogen and oxygen atoms in total. The summed E-state index contributed by atoms with van der Waals surface area (Å²) in [5.41, 5.74) is 0. The molecular formula is C13H17FN3O2S+. The topological polar surface area (TPSA) is 65.6 Å². The number of nitriles is 1. The standard InChI is InChI=1S/C13H16FN3O2S/c1-11(10-15)16-5-7-17(8-6-16)20(18,19)13-4-2-3-12(14)9-13/h2-4,9,11H,5-8H2,1H3/p+1/t11-/m1/s1. The molecule has 1 aromatic carbocycles. The van der Waals surface area contributed by atoms with Gasteiger partial charge >= 0.3 is 0 Å². The van der Waals surface area contributed by atoms with Gasteiger partial charge in [0.1, 0.15) is 11.9 Å². The van der Waals surface area contributed by atoms with Crippen LogP contribution in [0.3, 0.4) is 0 Å². The third-order valence-corrected chi connectivity index (χ3v) is 5.50. The zero-order chi connectivity index (χ0) is 14.8. The van der Waals surface area contributed by atoms with E-state index in [4.69, 9.17) is 5.26 Å². The van der Waals surface area contributed by atoms with Gasteiger partial charge in [0.2, 0.25) is 10.0 Å². The van der Waals surface area contributed by atoms with Crippen molar-refractivity contribution in [1.29, 1.82) is 5.26 Å². The molecule has 0 spiro atoms. The highest BCUT2D eigenvalue weighted by molar-refractivity contribution is 7.89. The van der Waals surface area contributed by atoms with Crippen molar-refractivity contribution >= 4 is 10.0 Å². The number of halogens is 1. The Bertz CT molecular complexity index is 619. The van der Waals surface area contributed by atoms with Crippen LogP contribution in [0.1, 0.15) is 6.92 Å². The largest absolute Gasteiger partial charge is 0.319 e. The number of rotatable bonds is 3. The lowest BCUT2D eigenvalue weighted by Crippen LogP contribution is -3.17. The van der Waals surface area contributed by atoms with Gasteiger partial charge in [0, 0.05) is 6.92 Å². The van der Waals surface area contributed by atoms with Crippen LogP contribution < -0.4 is 4.90 Å². The van der Waals surface area contributed by atoms with Crippen LogP contribution in [0, 0.1) is 17.1 Å². The predicted octanol–water partition coefficient (Wildman–Crippen LogP) is -0.373. The van der Waals surface area contributed by atoms with Gasteiger partial charge in [0.05, 0.1) is 31.1 Å². The molecular weight excluding hydrogens is 281 g/mol. The first-order chi connectivity index (χ1) is 9.45. The Morgan fingerprint density at radius 3 is 2.60 bits per heavy atom. The number of hydrogen-bond donors (Lipinski definition) is 1. The maximum atomic E-state index is 13.2. The smallest absolute Gasteiger partial charge is 0.243 e. The predicted molar refractivity (Wildman–Crippen MR) is 70.9 cm³/mol. The lowest BCUT2D eigenvalue weighted by molar-refractivity contribution is -0.918. The number of benzene rings is 1. The first-order valence-corrected chi connectivity index (χ1v) is 7.89. The van der Waals surface area contributed by atoms with Crippen LogP contribution in [-0.2, 0) is 10.0 Å². The second kappa shape index (κ2) is 5.87. The lowest BCUT2D eigenvalue weighted by Gasteiger charge is -2.32. The number of piperazine rings is 1. The van der Waals surface area contributed by atoms with Crippen LogP contribution in [-0.4, -0.2) is 44.9 Å².